The van der Waals surface area contributed by atoms with Gasteiger partial charge in [-0.15, -0.1) is 0 Å². The summed E-state index contributed by atoms with van der Waals surface area (Å²) >= 11 is 0. The maximum atomic E-state index is 13.1. The molecule has 4 heteroatoms. The molecule has 0 saturated carbocycles. The fraction of sp³-hybridized carbons (Fsp3) is 0.526. The number of unbranched alkanes of at least 4 members (excludes halogenated alkanes) is 11. The van der Waals surface area contributed by atoms with Crippen LogP contribution in [0.25, 0.3) is 0 Å². The third-order valence-electron chi connectivity index (χ3n) is 7.88. The van der Waals surface area contributed by atoms with Gasteiger partial charge in [-0.05, 0) is 29.5 Å². The van der Waals surface area contributed by atoms with Gasteiger partial charge in [0.2, 0.25) is 5.91 Å². The van der Waals surface area contributed by atoms with Crippen LogP contribution in [0.2, 0.25) is 0 Å². The summed E-state index contributed by atoms with van der Waals surface area (Å²) in [5.74, 6) is 0.861. The van der Waals surface area contributed by atoms with Gasteiger partial charge < -0.3 is 10.1 Å². The lowest BCUT2D eigenvalue weighted by atomic mass is 9.84. The second kappa shape index (κ2) is 18.4. The van der Waals surface area contributed by atoms with Gasteiger partial charge in [0.15, 0.2) is 18.9 Å². The van der Waals surface area contributed by atoms with Crippen LogP contribution < -0.4 is 14.6 Å². The summed E-state index contributed by atoms with van der Waals surface area (Å²) in [6.45, 7) is 10.4. The normalized spacial score (nSPS) is 11.4. The van der Waals surface area contributed by atoms with E-state index in [1.54, 1.807) is 0 Å². The number of nitrogens with one attached hydrogen (secondary N) is 1. The number of hydrogen-bond acceptors (Lipinski definition) is 2. The Balaban J connectivity index is 1.46. The van der Waals surface area contributed by atoms with Gasteiger partial charge in [0.25, 0.3) is 0 Å². The average Bonchev–Trinajstić information content (AvgIpc) is 2.97. The lowest BCUT2D eigenvalue weighted by Gasteiger charge is -2.25. The van der Waals surface area contributed by atoms with Crippen LogP contribution in [-0.4, -0.2) is 12.5 Å². The Morgan fingerprint density at radius 1 is 0.738 bits per heavy atom. The quantitative estimate of drug-likeness (QED) is 0.115. The number of para-hydroxylation sites is 1. The van der Waals surface area contributed by atoms with Gasteiger partial charge in [-0.3, -0.25) is 4.79 Å². The number of benzene rings is 2. The highest BCUT2D eigenvalue weighted by Crippen LogP contribution is 2.35. The summed E-state index contributed by atoms with van der Waals surface area (Å²) in [5.41, 5.74) is 4.05. The molecule has 3 aromatic rings. The van der Waals surface area contributed by atoms with E-state index in [2.05, 4.69) is 74.2 Å². The molecule has 3 rings (SSSR count). The second-order valence-electron chi connectivity index (χ2n) is 12.8. The number of carbonyl (C=O) groups is 1. The van der Waals surface area contributed by atoms with Crippen LogP contribution in [0.3, 0.4) is 0 Å². The van der Waals surface area contributed by atoms with Crippen LogP contribution in [0.4, 0.5) is 5.69 Å². The number of anilines is 1. The summed E-state index contributed by atoms with van der Waals surface area (Å²) in [6.07, 6.45) is 20.3. The van der Waals surface area contributed by atoms with E-state index in [9.17, 15) is 4.79 Å². The van der Waals surface area contributed by atoms with E-state index in [0.29, 0.717) is 13.0 Å². The topological polar surface area (TPSA) is 42.2 Å². The van der Waals surface area contributed by atoms with Gasteiger partial charge in [0.05, 0.1) is 13.0 Å². The Hall–Kier alpha value is -3.14. The molecule has 1 amide bonds. The molecule has 1 N–H and O–H groups in total. The lowest BCUT2D eigenvalue weighted by Crippen LogP contribution is -2.32. The molecule has 0 radical (unpaired) electrons. The van der Waals surface area contributed by atoms with E-state index in [0.717, 1.165) is 35.5 Å². The Kier molecular flexibility index (Phi) is 14.6. The zero-order chi connectivity index (χ0) is 30.0. The van der Waals surface area contributed by atoms with Crippen LogP contribution in [-0.2, 0) is 23.2 Å². The fourth-order valence-corrected chi connectivity index (χ4v) is 5.42. The molecule has 42 heavy (non-hydrogen) atoms. The summed E-state index contributed by atoms with van der Waals surface area (Å²) in [5, 5.41) is 3.08. The molecule has 0 spiro atoms. The highest BCUT2D eigenvalue weighted by molar-refractivity contribution is 5.92. The number of aromatic nitrogens is 1. The molecule has 0 atom stereocenters. The zero-order valence-electron chi connectivity index (χ0n) is 26.8. The van der Waals surface area contributed by atoms with Crippen molar-refractivity contribution in [3.05, 3.63) is 89.7 Å². The predicted octanol–water partition coefficient (Wildman–Crippen LogP) is 9.58. The molecule has 2 aromatic carbocycles. The van der Waals surface area contributed by atoms with Crippen molar-refractivity contribution in [1.29, 1.82) is 0 Å². The predicted molar refractivity (Wildman–Crippen MR) is 176 cm³/mol. The van der Waals surface area contributed by atoms with Crippen molar-refractivity contribution >= 4 is 11.6 Å². The minimum Gasteiger partial charge on any atom is -0.493 e. The van der Waals surface area contributed by atoms with Crippen molar-refractivity contribution in [3.63, 3.8) is 0 Å². The van der Waals surface area contributed by atoms with Gasteiger partial charge in [-0.1, -0.05) is 135 Å². The van der Waals surface area contributed by atoms with Gasteiger partial charge in [-0.2, -0.15) is 0 Å². The smallest absolute Gasteiger partial charge is 0.228 e. The van der Waals surface area contributed by atoms with E-state index in [1.165, 1.54) is 76.2 Å². The number of carbonyl (C=O) groups excluding carboxylic acids is 1. The van der Waals surface area contributed by atoms with Crippen molar-refractivity contribution in [2.24, 2.45) is 0 Å². The Bertz CT molecular complexity index is 1170. The first-order chi connectivity index (χ1) is 20.4. The van der Waals surface area contributed by atoms with Crippen molar-refractivity contribution in [2.75, 3.05) is 11.9 Å². The SMILES string of the molecule is CCCCCCCCCCCCCCOc1c(CC(=O)Nc2ccc(C[n+]3ccccc3)cc2)cccc1C(C)(C)C. The van der Waals surface area contributed by atoms with Gasteiger partial charge in [0, 0.05) is 28.9 Å². The molecule has 0 fully saturated rings. The molecular formula is C38H55N2O2+. The molecule has 0 saturated heterocycles. The van der Waals surface area contributed by atoms with Gasteiger partial charge >= 0.3 is 0 Å². The first-order valence-electron chi connectivity index (χ1n) is 16.4. The fourth-order valence-electron chi connectivity index (χ4n) is 5.42. The summed E-state index contributed by atoms with van der Waals surface area (Å²) in [6, 6.07) is 20.4. The standard InChI is InChI=1S/C38H54N2O2/c1-5-6-7-8-9-10-11-12-13-14-15-19-29-42-37-33(21-20-22-35(37)38(2,3)4)30-36(41)39-34-25-23-32(24-26-34)31-40-27-17-16-18-28-40/h16-18,20-28H,5-15,19,29-31H2,1-4H3/p+1. The number of nitrogens with zero attached hydrogens (tertiary/aromatic N) is 1. The van der Waals surface area contributed by atoms with E-state index >= 15 is 0 Å². The molecule has 0 unspecified atom stereocenters. The van der Waals surface area contributed by atoms with E-state index in [4.69, 9.17) is 4.74 Å². The molecule has 4 nitrogen and oxygen atoms in total. The van der Waals surface area contributed by atoms with Gasteiger partial charge in [-0.25, -0.2) is 4.57 Å². The van der Waals surface area contributed by atoms with Crippen LogP contribution in [0.15, 0.2) is 73.1 Å². The first kappa shape index (κ1) is 33.4. The molecule has 228 valence electrons. The molecule has 0 aliphatic carbocycles. The minimum absolute atomic E-state index is 0.0264. The average molecular weight is 572 g/mol. The van der Waals surface area contributed by atoms with Gasteiger partial charge in [0.1, 0.15) is 5.75 Å². The summed E-state index contributed by atoms with van der Waals surface area (Å²) < 4.78 is 8.56. The molecule has 0 aliphatic rings. The van der Waals surface area contributed by atoms with Crippen molar-refractivity contribution in [1.82, 2.24) is 0 Å². The maximum Gasteiger partial charge on any atom is 0.228 e. The Morgan fingerprint density at radius 3 is 1.93 bits per heavy atom. The van der Waals surface area contributed by atoms with Crippen molar-refractivity contribution < 1.29 is 14.1 Å². The zero-order valence-corrected chi connectivity index (χ0v) is 26.8. The monoisotopic (exact) mass is 571 g/mol. The molecule has 0 bridgehead atoms. The second-order valence-corrected chi connectivity index (χ2v) is 12.8. The number of rotatable bonds is 19. The lowest BCUT2D eigenvalue weighted by molar-refractivity contribution is -0.688. The first-order valence-corrected chi connectivity index (χ1v) is 16.4. The van der Waals surface area contributed by atoms with Crippen molar-refractivity contribution in [2.45, 2.75) is 123 Å². The summed E-state index contributed by atoms with van der Waals surface area (Å²) in [4.78, 5) is 13.1. The van der Waals surface area contributed by atoms with Crippen LogP contribution >= 0.6 is 0 Å². The third kappa shape index (κ3) is 12.4. The molecular weight excluding hydrogens is 516 g/mol. The van der Waals surface area contributed by atoms with Crippen LogP contribution in [0.5, 0.6) is 5.75 Å². The Morgan fingerprint density at radius 2 is 1.33 bits per heavy atom. The highest BCUT2D eigenvalue weighted by Gasteiger charge is 2.22. The molecule has 0 aliphatic heterocycles. The van der Waals surface area contributed by atoms with Crippen LogP contribution in [0.1, 0.15) is 121 Å². The van der Waals surface area contributed by atoms with Crippen molar-refractivity contribution in [3.8, 4) is 5.75 Å². The highest BCUT2D eigenvalue weighted by atomic mass is 16.5. The minimum atomic E-state index is -0.0645. The third-order valence-corrected chi connectivity index (χ3v) is 7.88. The van der Waals surface area contributed by atoms with E-state index in [1.807, 2.05) is 36.4 Å². The largest absolute Gasteiger partial charge is 0.493 e. The number of amides is 1. The van der Waals surface area contributed by atoms with Crippen LogP contribution in [0, 0.1) is 0 Å². The van der Waals surface area contributed by atoms with E-state index in [-0.39, 0.29) is 11.3 Å². The maximum absolute atomic E-state index is 13.1. The number of hydrogen-bond donors (Lipinski definition) is 1. The molecule has 1 heterocycles. The number of pyridine rings is 1. The van der Waals surface area contributed by atoms with E-state index < -0.39 is 0 Å². The number of ether oxygens (including phenoxy) is 1. The summed E-state index contributed by atoms with van der Waals surface area (Å²) in [7, 11) is 0. The molecule has 1 aromatic heterocycles. The Labute approximate surface area is 255 Å².